The van der Waals surface area contributed by atoms with Gasteiger partial charge in [-0.2, -0.15) is 0 Å². The van der Waals surface area contributed by atoms with E-state index in [0.717, 1.165) is 30.9 Å². The molecule has 0 bridgehead atoms. The Morgan fingerprint density at radius 2 is 2.06 bits per heavy atom. The van der Waals surface area contributed by atoms with E-state index in [4.69, 9.17) is 0 Å². The highest BCUT2D eigenvalue weighted by molar-refractivity contribution is 5.76. The number of halogens is 2. The fraction of sp³-hybridized carbons (Fsp3) is 0.538. The average Bonchev–Trinajstić information content (AvgIpc) is 3.33. The van der Waals surface area contributed by atoms with Crippen molar-refractivity contribution in [2.45, 2.75) is 63.5 Å². The lowest BCUT2D eigenvalue weighted by atomic mass is 9.94. The van der Waals surface area contributed by atoms with Crippen LogP contribution in [0.3, 0.4) is 0 Å². The van der Waals surface area contributed by atoms with E-state index in [-0.39, 0.29) is 26.0 Å². The van der Waals surface area contributed by atoms with Gasteiger partial charge in [-0.3, -0.25) is 9.69 Å². The second-order valence-corrected chi connectivity index (χ2v) is 9.39. The molecule has 0 spiro atoms. The van der Waals surface area contributed by atoms with E-state index < -0.39 is 23.9 Å². The summed E-state index contributed by atoms with van der Waals surface area (Å²) in [7, 11) is 0. The number of anilines is 1. The molecule has 1 saturated heterocycles. The zero-order valence-corrected chi connectivity index (χ0v) is 19.4. The van der Waals surface area contributed by atoms with E-state index in [1.54, 1.807) is 29.2 Å². The Labute approximate surface area is 199 Å². The molecule has 0 amide bonds. The molecule has 0 saturated carbocycles. The topological polar surface area (TPSA) is 85.7 Å². The Kier molecular flexibility index (Phi) is 7.78. The van der Waals surface area contributed by atoms with Crippen LogP contribution in [0.1, 0.15) is 60.5 Å². The van der Waals surface area contributed by atoms with E-state index in [2.05, 4.69) is 16.4 Å². The van der Waals surface area contributed by atoms with Crippen LogP contribution in [0.25, 0.3) is 0 Å². The molecule has 184 valence electrons. The molecule has 0 aliphatic carbocycles. The molecule has 4 rings (SSSR count). The summed E-state index contributed by atoms with van der Waals surface area (Å²) in [5.74, 6) is -3.88. The molecule has 2 aromatic rings. The third-order valence-electron chi connectivity index (χ3n) is 7.08. The number of carboxylic acids is 1. The number of hydrogen-bond donors (Lipinski definition) is 3. The molecule has 8 heteroatoms. The predicted molar refractivity (Wildman–Crippen MR) is 126 cm³/mol. The second kappa shape index (κ2) is 10.8. The molecular formula is C26H33F2N3O3. The predicted octanol–water partition coefficient (Wildman–Crippen LogP) is 4.43. The number of aromatic nitrogens is 1. The Hall–Kier alpha value is -2.58. The number of likely N-dealkylation sites (tertiary alicyclic amines) is 1. The van der Waals surface area contributed by atoms with Gasteiger partial charge in [-0.05, 0) is 67.8 Å². The molecule has 3 N–H and O–H groups in total. The molecule has 2 atom stereocenters. The average molecular weight is 474 g/mol. The van der Waals surface area contributed by atoms with Crippen molar-refractivity contribution in [3.8, 4) is 0 Å². The number of nitrogens with zero attached hydrogens (tertiary/aromatic N) is 2. The van der Waals surface area contributed by atoms with Gasteiger partial charge in [-0.25, -0.2) is 13.8 Å². The van der Waals surface area contributed by atoms with Crippen LogP contribution in [-0.4, -0.2) is 51.6 Å². The maximum absolute atomic E-state index is 15.0. The number of aliphatic hydroxyl groups is 1. The number of carboxylic acid groups (broad SMARTS) is 1. The summed E-state index contributed by atoms with van der Waals surface area (Å²) in [6, 6.07) is 9.80. The zero-order valence-electron chi connectivity index (χ0n) is 19.4. The smallest absolute Gasteiger partial charge is 0.325 e. The summed E-state index contributed by atoms with van der Waals surface area (Å²) in [6.45, 7) is 0.954. The summed E-state index contributed by atoms with van der Waals surface area (Å²) >= 11 is 0. The molecule has 1 aromatic heterocycles. The monoisotopic (exact) mass is 473 g/mol. The van der Waals surface area contributed by atoms with Crippen LogP contribution in [0, 0.1) is 5.92 Å². The first kappa shape index (κ1) is 24.5. The lowest BCUT2D eigenvalue weighted by molar-refractivity contribution is -0.143. The van der Waals surface area contributed by atoms with Gasteiger partial charge in [0, 0.05) is 31.1 Å². The number of pyridine rings is 1. The first-order valence-corrected chi connectivity index (χ1v) is 12.1. The SMILES string of the molecule is O=C(O)C(c1ccccc1CO)N1CCC(C(F)(F)CCCCc2ccc3c(n2)NCCC3)C1. The van der Waals surface area contributed by atoms with Crippen LogP contribution >= 0.6 is 0 Å². The van der Waals surface area contributed by atoms with Gasteiger partial charge in [0.2, 0.25) is 0 Å². The van der Waals surface area contributed by atoms with Crippen molar-refractivity contribution >= 4 is 11.8 Å². The van der Waals surface area contributed by atoms with Crippen molar-refractivity contribution in [3.05, 3.63) is 58.8 Å². The van der Waals surface area contributed by atoms with E-state index >= 15 is 8.78 Å². The normalized spacial score (nSPS) is 19.4. The summed E-state index contributed by atoms with van der Waals surface area (Å²) in [5, 5.41) is 22.7. The van der Waals surface area contributed by atoms with Gasteiger partial charge in [-0.15, -0.1) is 0 Å². The Morgan fingerprint density at radius 1 is 1.24 bits per heavy atom. The number of carbonyl (C=O) groups is 1. The number of benzene rings is 1. The van der Waals surface area contributed by atoms with Gasteiger partial charge in [0.05, 0.1) is 6.61 Å². The number of aliphatic carboxylic acids is 1. The highest BCUT2D eigenvalue weighted by atomic mass is 19.3. The van der Waals surface area contributed by atoms with Gasteiger partial charge in [0.15, 0.2) is 0 Å². The van der Waals surface area contributed by atoms with Crippen LogP contribution in [0.2, 0.25) is 0 Å². The minimum atomic E-state index is -2.85. The van der Waals surface area contributed by atoms with E-state index in [1.807, 2.05) is 6.07 Å². The summed E-state index contributed by atoms with van der Waals surface area (Å²) in [4.78, 5) is 18.3. The largest absolute Gasteiger partial charge is 0.480 e. The molecule has 2 aliphatic rings. The first-order valence-electron chi connectivity index (χ1n) is 12.1. The number of hydrogen-bond acceptors (Lipinski definition) is 5. The number of unbranched alkanes of at least 4 members (excludes halogenated alkanes) is 1. The number of alkyl halides is 2. The van der Waals surface area contributed by atoms with Crippen molar-refractivity contribution in [2.75, 3.05) is 25.0 Å². The van der Waals surface area contributed by atoms with Gasteiger partial charge >= 0.3 is 5.97 Å². The van der Waals surface area contributed by atoms with Gasteiger partial charge in [0.25, 0.3) is 5.92 Å². The maximum Gasteiger partial charge on any atom is 0.325 e. The lowest BCUT2D eigenvalue weighted by Crippen LogP contribution is -2.36. The third kappa shape index (κ3) is 5.55. The van der Waals surface area contributed by atoms with E-state index in [9.17, 15) is 15.0 Å². The number of aliphatic hydroxyl groups excluding tert-OH is 1. The molecule has 34 heavy (non-hydrogen) atoms. The van der Waals surface area contributed by atoms with Crippen molar-refractivity contribution < 1.29 is 23.8 Å². The number of nitrogens with one attached hydrogen (secondary N) is 1. The standard InChI is InChI=1S/C26H33F2N3O3/c27-26(28,13-4-3-8-21-11-10-18-7-5-14-29-24(18)30-21)20-12-15-31(16-20)23(25(33)34)22-9-2-1-6-19(22)17-32/h1-2,6,9-11,20,23,32H,3-5,7-8,12-17H2,(H,29,30)(H,33,34). The Balaban J connectivity index is 1.31. The zero-order chi connectivity index (χ0) is 24.1. The fourth-order valence-electron chi connectivity index (χ4n) is 5.18. The summed E-state index contributed by atoms with van der Waals surface area (Å²) < 4.78 is 30.1. The Morgan fingerprint density at radius 3 is 2.85 bits per heavy atom. The number of fused-ring (bicyclic) bond motifs is 1. The van der Waals surface area contributed by atoms with Crippen molar-refractivity contribution in [2.24, 2.45) is 5.92 Å². The molecule has 6 nitrogen and oxygen atoms in total. The van der Waals surface area contributed by atoms with Gasteiger partial charge in [0.1, 0.15) is 11.9 Å². The maximum atomic E-state index is 15.0. The van der Waals surface area contributed by atoms with Gasteiger partial charge < -0.3 is 15.5 Å². The van der Waals surface area contributed by atoms with Crippen LogP contribution in [-0.2, 0) is 24.2 Å². The number of aryl methyl sites for hydroxylation is 2. The third-order valence-corrected chi connectivity index (χ3v) is 7.08. The van der Waals surface area contributed by atoms with E-state index in [1.165, 1.54) is 5.56 Å². The summed E-state index contributed by atoms with van der Waals surface area (Å²) in [6.07, 6.45) is 3.87. The van der Waals surface area contributed by atoms with Gasteiger partial charge in [-0.1, -0.05) is 30.3 Å². The van der Waals surface area contributed by atoms with Crippen molar-refractivity contribution in [1.29, 1.82) is 0 Å². The van der Waals surface area contributed by atoms with Crippen molar-refractivity contribution in [1.82, 2.24) is 9.88 Å². The van der Waals surface area contributed by atoms with Crippen LogP contribution in [0.15, 0.2) is 36.4 Å². The van der Waals surface area contributed by atoms with Crippen LogP contribution in [0.5, 0.6) is 0 Å². The van der Waals surface area contributed by atoms with Crippen LogP contribution < -0.4 is 5.32 Å². The molecule has 3 heterocycles. The molecule has 1 aromatic carbocycles. The van der Waals surface area contributed by atoms with E-state index in [0.29, 0.717) is 36.9 Å². The minimum Gasteiger partial charge on any atom is -0.480 e. The summed E-state index contributed by atoms with van der Waals surface area (Å²) in [5.41, 5.74) is 3.12. The first-order chi connectivity index (χ1) is 16.4. The molecule has 0 radical (unpaired) electrons. The highest BCUT2D eigenvalue weighted by Crippen LogP contribution is 2.39. The van der Waals surface area contributed by atoms with Crippen molar-refractivity contribution in [3.63, 3.8) is 0 Å². The minimum absolute atomic E-state index is 0.0295. The van der Waals surface area contributed by atoms with Crippen LogP contribution in [0.4, 0.5) is 14.6 Å². The molecule has 2 unspecified atom stereocenters. The molecular weight excluding hydrogens is 440 g/mol. The second-order valence-electron chi connectivity index (χ2n) is 9.39. The lowest BCUT2D eigenvalue weighted by Gasteiger charge is -2.28. The molecule has 2 aliphatic heterocycles. The highest BCUT2D eigenvalue weighted by Gasteiger charge is 2.45. The Bertz CT molecular complexity index is 1000. The fourth-order valence-corrected chi connectivity index (χ4v) is 5.18. The molecule has 1 fully saturated rings. The number of rotatable bonds is 10. The quantitative estimate of drug-likeness (QED) is 0.443.